The molecule has 0 saturated carbocycles. The Morgan fingerprint density at radius 2 is 2.16 bits per heavy atom. The third kappa shape index (κ3) is 3.61. The fourth-order valence-corrected chi connectivity index (χ4v) is 2.74. The first-order valence-electron chi connectivity index (χ1n) is 5.26. The Bertz CT molecular complexity index is 590. The Balaban J connectivity index is 3.14. The Labute approximate surface area is 109 Å². The molecule has 1 unspecified atom stereocenters. The Hall–Kier alpha value is -1.74. The Morgan fingerprint density at radius 3 is 2.68 bits per heavy atom. The molecule has 0 aromatic heterocycles. The van der Waals surface area contributed by atoms with E-state index in [-0.39, 0.29) is 12.3 Å². The highest BCUT2D eigenvalue weighted by Crippen LogP contribution is 2.16. The molecule has 0 bridgehead atoms. The van der Waals surface area contributed by atoms with Crippen LogP contribution in [-0.2, 0) is 10.0 Å². The van der Waals surface area contributed by atoms with Crippen molar-refractivity contribution >= 4 is 15.9 Å². The van der Waals surface area contributed by atoms with Crippen LogP contribution in [0.1, 0.15) is 13.3 Å². The van der Waals surface area contributed by atoms with Crippen molar-refractivity contribution in [3.63, 3.8) is 0 Å². The van der Waals surface area contributed by atoms with Crippen LogP contribution < -0.4 is 10.5 Å². The van der Waals surface area contributed by atoms with Crippen molar-refractivity contribution in [3.05, 3.63) is 29.8 Å². The number of nitrogens with one attached hydrogen (secondary N) is 1. The van der Waals surface area contributed by atoms with Crippen LogP contribution in [0.5, 0.6) is 0 Å². The van der Waals surface area contributed by atoms with Gasteiger partial charge in [-0.3, -0.25) is 0 Å². The number of nitrogens with zero attached hydrogens (tertiary/aromatic N) is 1. The zero-order valence-corrected chi connectivity index (χ0v) is 10.8. The van der Waals surface area contributed by atoms with Gasteiger partial charge in [-0.2, -0.15) is 0 Å². The Morgan fingerprint density at radius 1 is 1.53 bits per heavy atom. The van der Waals surface area contributed by atoms with Crippen molar-refractivity contribution in [2.75, 3.05) is 0 Å². The van der Waals surface area contributed by atoms with Crippen molar-refractivity contribution in [1.82, 2.24) is 4.72 Å². The molecular weight excluding hydrogens is 280 g/mol. The van der Waals surface area contributed by atoms with Gasteiger partial charge in [-0.25, -0.2) is 21.9 Å². The molecule has 1 rings (SSSR count). The molecule has 0 saturated heterocycles. The molecule has 0 spiro atoms. The molecule has 0 aliphatic carbocycles. The first kappa shape index (κ1) is 15.3. The molecule has 0 aliphatic rings. The van der Waals surface area contributed by atoms with E-state index in [0.717, 1.165) is 6.07 Å². The number of sulfonamides is 1. The highest BCUT2D eigenvalue weighted by atomic mass is 32.2. The molecule has 4 N–H and O–H groups in total. The highest BCUT2D eigenvalue weighted by Gasteiger charge is 2.25. The van der Waals surface area contributed by atoms with Crippen molar-refractivity contribution in [2.45, 2.75) is 24.3 Å². The summed E-state index contributed by atoms with van der Waals surface area (Å²) >= 11 is 0. The first-order chi connectivity index (χ1) is 8.81. The predicted molar refractivity (Wildman–Crippen MR) is 64.2 cm³/mol. The highest BCUT2D eigenvalue weighted by molar-refractivity contribution is 7.89. The lowest BCUT2D eigenvalue weighted by molar-refractivity contribution is 0.315. The fraction of sp³-hybridized carbons (Fsp3) is 0.300. The van der Waals surface area contributed by atoms with E-state index < -0.39 is 32.6 Å². The van der Waals surface area contributed by atoms with E-state index in [0.29, 0.717) is 12.1 Å². The molecule has 0 fully saturated rings. The minimum Gasteiger partial charge on any atom is -0.409 e. The maximum Gasteiger partial charge on any atom is 0.244 e. The van der Waals surface area contributed by atoms with Gasteiger partial charge in [0.25, 0.3) is 0 Å². The van der Waals surface area contributed by atoms with E-state index >= 15 is 0 Å². The second-order valence-corrected chi connectivity index (χ2v) is 5.36. The number of rotatable bonds is 5. The summed E-state index contributed by atoms with van der Waals surface area (Å²) in [5, 5.41) is 11.2. The normalized spacial score (nSPS) is 14.4. The molecule has 1 aromatic carbocycles. The lowest BCUT2D eigenvalue weighted by atomic mass is 10.2. The van der Waals surface area contributed by atoms with Crippen molar-refractivity contribution in [1.29, 1.82) is 0 Å². The van der Waals surface area contributed by atoms with Crippen molar-refractivity contribution in [3.8, 4) is 0 Å². The van der Waals surface area contributed by atoms with Crippen LogP contribution in [0.3, 0.4) is 0 Å². The van der Waals surface area contributed by atoms with E-state index in [2.05, 4.69) is 5.16 Å². The van der Waals surface area contributed by atoms with E-state index in [1.165, 1.54) is 0 Å². The molecule has 0 radical (unpaired) electrons. The largest absolute Gasteiger partial charge is 0.409 e. The van der Waals surface area contributed by atoms with Gasteiger partial charge in [0, 0.05) is 0 Å². The zero-order valence-electron chi connectivity index (χ0n) is 9.97. The summed E-state index contributed by atoms with van der Waals surface area (Å²) in [5.41, 5.74) is 5.29. The van der Waals surface area contributed by atoms with E-state index in [1.807, 2.05) is 4.72 Å². The van der Waals surface area contributed by atoms with Gasteiger partial charge in [-0.05, 0) is 24.6 Å². The quantitative estimate of drug-likeness (QED) is 0.323. The summed E-state index contributed by atoms with van der Waals surface area (Å²) in [6, 6.07) is 1.04. The molecule has 9 heteroatoms. The number of oxime groups is 1. The smallest absolute Gasteiger partial charge is 0.244 e. The number of benzene rings is 1. The molecule has 1 atom stereocenters. The molecule has 0 heterocycles. The molecule has 0 aliphatic heterocycles. The molecular formula is C10H13F2N3O3S. The summed E-state index contributed by atoms with van der Waals surface area (Å²) in [5.74, 6) is -2.36. The average Bonchev–Trinajstić information content (AvgIpc) is 2.37. The lowest BCUT2D eigenvalue weighted by Crippen LogP contribution is -2.44. The van der Waals surface area contributed by atoms with E-state index in [1.54, 1.807) is 6.92 Å². The standard InChI is InChI=1S/C10H13F2N3O3S/c1-2-8(10(13)14-16)15-19(17,18)9-5-6(11)3-4-7(9)12/h3-5,8,15-16H,2H2,1H3,(H2,13,14). The molecule has 0 amide bonds. The third-order valence-corrected chi connectivity index (χ3v) is 3.85. The van der Waals surface area contributed by atoms with Crippen LogP contribution in [0, 0.1) is 11.6 Å². The van der Waals surface area contributed by atoms with Gasteiger partial charge in [-0.15, -0.1) is 0 Å². The molecule has 19 heavy (non-hydrogen) atoms. The Kier molecular flexibility index (Phi) is 4.78. The topological polar surface area (TPSA) is 105 Å². The second-order valence-electron chi connectivity index (χ2n) is 3.68. The van der Waals surface area contributed by atoms with Crippen LogP contribution in [0.2, 0.25) is 0 Å². The van der Waals surface area contributed by atoms with Gasteiger partial charge >= 0.3 is 0 Å². The number of halogens is 2. The number of nitrogens with two attached hydrogens (primary N) is 1. The predicted octanol–water partition coefficient (Wildman–Crippen LogP) is 0.768. The van der Waals surface area contributed by atoms with E-state index in [4.69, 9.17) is 10.9 Å². The minimum absolute atomic E-state index is 0.173. The third-order valence-electron chi connectivity index (χ3n) is 2.36. The zero-order chi connectivity index (χ0) is 14.6. The van der Waals surface area contributed by atoms with Crippen LogP contribution in [0.15, 0.2) is 28.3 Å². The molecule has 106 valence electrons. The average molecular weight is 293 g/mol. The lowest BCUT2D eigenvalue weighted by Gasteiger charge is -2.15. The summed E-state index contributed by atoms with van der Waals surface area (Å²) in [6.07, 6.45) is 0.173. The number of amidine groups is 1. The van der Waals surface area contributed by atoms with Gasteiger partial charge in [-0.1, -0.05) is 12.1 Å². The summed E-state index contributed by atoms with van der Waals surface area (Å²) in [7, 11) is -4.32. The van der Waals surface area contributed by atoms with E-state index in [9.17, 15) is 17.2 Å². The van der Waals surface area contributed by atoms with Crippen LogP contribution >= 0.6 is 0 Å². The van der Waals surface area contributed by atoms with Gasteiger partial charge in [0.1, 0.15) is 16.5 Å². The summed E-state index contributed by atoms with van der Waals surface area (Å²) in [6.45, 7) is 1.58. The second kappa shape index (κ2) is 5.93. The van der Waals surface area contributed by atoms with Gasteiger partial charge in [0.05, 0.1) is 6.04 Å². The monoisotopic (exact) mass is 293 g/mol. The molecule has 6 nitrogen and oxygen atoms in total. The maximum absolute atomic E-state index is 13.4. The molecule has 1 aromatic rings. The minimum atomic E-state index is -4.32. The SMILES string of the molecule is CCC(NS(=O)(=O)c1cc(F)ccc1F)/C(N)=N/O. The van der Waals surface area contributed by atoms with Gasteiger partial charge < -0.3 is 10.9 Å². The maximum atomic E-state index is 13.4. The summed E-state index contributed by atoms with van der Waals surface area (Å²) in [4.78, 5) is -0.836. The number of hydrogen-bond donors (Lipinski definition) is 3. The number of hydrogen-bond acceptors (Lipinski definition) is 4. The van der Waals surface area contributed by atoms with Crippen molar-refractivity contribution < 1.29 is 22.4 Å². The van der Waals surface area contributed by atoms with Gasteiger partial charge in [0.2, 0.25) is 10.0 Å². The van der Waals surface area contributed by atoms with Crippen molar-refractivity contribution in [2.24, 2.45) is 10.9 Å². The van der Waals surface area contributed by atoms with Gasteiger partial charge in [0.15, 0.2) is 5.84 Å². The van der Waals surface area contributed by atoms with Crippen LogP contribution in [-0.4, -0.2) is 25.5 Å². The van der Waals surface area contributed by atoms with Crippen LogP contribution in [0.4, 0.5) is 8.78 Å². The fourth-order valence-electron chi connectivity index (χ4n) is 1.36. The first-order valence-corrected chi connectivity index (χ1v) is 6.75. The van der Waals surface area contributed by atoms with Crippen LogP contribution in [0.25, 0.3) is 0 Å². The summed E-state index contributed by atoms with van der Waals surface area (Å²) < 4.78 is 52.2.